The summed E-state index contributed by atoms with van der Waals surface area (Å²) in [5, 5.41) is 6.07. The molecule has 0 atom stereocenters. The quantitative estimate of drug-likeness (QED) is 0.876. The van der Waals surface area contributed by atoms with Crippen LogP contribution in [0.25, 0.3) is 0 Å². The molecule has 2 N–H and O–H groups in total. The smallest absolute Gasteiger partial charge is 0.269 e. The first-order valence-corrected chi connectivity index (χ1v) is 6.71. The Kier molecular flexibility index (Phi) is 4.71. The van der Waals surface area contributed by atoms with Gasteiger partial charge in [-0.25, -0.2) is 4.98 Å². The number of rotatable bonds is 5. The van der Waals surface area contributed by atoms with E-state index in [1.165, 1.54) is 0 Å². The van der Waals surface area contributed by atoms with Crippen molar-refractivity contribution < 1.29 is 4.79 Å². The average molecular weight is 269 g/mol. The lowest BCUT2D eigenvalue weighted by molar-refractivity contribution is 0.0944. The highest BCUT2D eigenvalue weighted by Gasteiger charge is 2.07. The predicted octanol–water partition coefficient (Wildman–Crippen LogP) is 3.21. The summed E-state index contributed by atoms with van der Waals surface area (Å²) in [6.45, 7) is 4.77. The SMILES string of the molecule is CC(C)CNC(=O)c1ccc(Nc2ccccc2)cn1. The molecule has 4 nitrogen and oxygen atoms in total. The zero-order valence-corrected chi connectivity index (χ0v) is 11.8. The molecule has 104 valence electrons. The number of nitrogens with one attached hydrogen (secondary N) is 2. The molecule has 0 aliphatic rings. The molecule has 0 unspecified atom stereocenters. The Bertz CT molecular complexity index is 550. The van der Waals surface area contributed by atoms with E-state index < -0.39 is 0 Å². The van der Waals surface area contributed by atoms with E-state index in [0.717, 1.165) is 11.4 Å². The summed E-state index contributed by atoms with van der Waals surface area (Å²) in [6, 6.07) is 13.4. The molecule has 0 saturated carbocycles. The molecule has 20 heavy (non-hydrogen) atoms. The Labute approximate surface area is 119 Å². The number of amides is 1. The van der Waals surface area contributed by atoms with Gasteiger partial charge in [-0.3, -0.25) is 4.79 Å². The largest absolute Gasteiger partial charge is 0.354 e. The summed E-state index contributed by atoms with van der Waals surface area (Å²) in [6.07, 6.45) is 1.66. The van der Waals surface area contributed by atoms with E-state index in [2.05, 4.69) is 29.5 Å². The maximum absolute atomic E-state index is 11.8. The van der Waals surface area contributed by atoms with Crippen molar-refractivity contribution in [3.05, 3.63) is 54.4 Å². The molecule has 2 rings (SSSR count). The number of nitrogens with zero attached hydrogens (tertiary/aromatic N) is 1. The van der Waals surface area contributed by atoms with Crippen LogP contribution < -0.4 is 10.6 Å². The molecule has 1 heterocycles. The van der Waals surface area contributed by atoms with Gasteiger partial charge < -0.3 is 10.6 Å². The van der Waals surface area contributed by atoms with Gasteiger partial charge >= 0.3 is 0 Å². The molecule has 0 spiro atoms. The first-order chi connectivity index (χ1) is 9.65. The minimum Gasteiger partial charge on any atom is -0.354 e. The Balaban J connectivity index is 1.97. The lowest BCUT2D eigenvalue weighted by Gasteiger charge is -2.08. The van der Waals surface area contributed by atoms with Crippen LogP contribution >= 0.6 is 0 Å². The van der Waals surface area contributed by atoms with Crippen molar-refractivity contribution in [3.63, 3.8) is 0 Å². The van der Waals surface area contributed by atoms with Crippen molar-refractivity contribution in [3.8, 4) is 0 Å². The van der Waals surface area contributed by atoms with Gasteiger partial charge in [0.25, 0.3) is 5.91 Å². The molecule has 0 bridgehead atoms. The van der Waals surface area contributed by atoms with E-state index in [0.29, 0.717) is 18.2 Å². The molecule has 1 amide bonds. The zero-order chi connectivity index (χ0) is 14.4. The van der Waals surface area contributed by atoms with Crippen LogP contribution in [-0.2, 0) is 0 Å². The van der Waals surface area contributed by atoms with Gasteiger partial charge in [-0.1, -0.05) is 32.0 Å². The van der Waals surface area contributed by atoms with Crippen LogP contribution in [0.1, 0.15) is 24.3 Å². The Hall–Kier alpha value is -2.36. The van der Waals surface area contributed by atoms with Gasteiger partial charge in [0.1, 0.15) is 5.69 Å². The topological polar surface area (TPSA) is 54.0 Å². The summed E-state index contributed by atoms with van der Waals surface area (Å²) in [4.78, 5) is 16.0. The molecule has 4 heteroatoms. The number of pyridine rings is 1. The highest BCUT2D eigenvalue weighted by molar-refractivity contribution is 5.92. The van der Waals surface area contributed by atoms with Crippen LogP contribution in [-0.4, -0.2) is 17.4 Å². The lowest BCUT2D eigenvalue weighted by atomic mass is 10.2. The van der Waals surface area contributed by atoms with E-state index in [-0.39, 0.29) is 5.91 Å². The first kappa shape index (κ1) is 14.1. The van der Waals surface area contributed by atoms with Gasteiger partial charge in [-0.05, 0) is 30.2 Å². The third kappa shape index (κ3) is 4.09. The summed E-state index contributed by atoms with van der Waals surface area (Å²) in [5.41, 5.74) is 2.28. The third-order valence-electron chi connectivity index (χ3n) is 2.73. The standard InChI is InChI=1S/C16H19N3O/c1-12(2)10-18-16(20)15-9-8-14(11-17-15)19-13-6-4-3-5-7-13/h3-9,11-12,19H,10H2,1-2H3,(H,18,20). The molecular formula is C16H19N3O. The van der Waals surface area contributed by atoms with Gasteiger partial charge in [0.05, 0.1) is 11.9 Å². The fraction of sp³-hybridized carbons (Fsp3) is 0.250. The van der Waals surface area contributed by atoms with Gasteiger partial charge in [0.2, 0.25) is 0 Å². The summed E-state index contributed by atoms with van der Waals surface area (Å²) in [7, 11) is 0. The van der Waals surface area contributed by atoms with Crippen LogP contribution in [0.5, 0.6) is 0 Å². The van der Waals surface area contributed by atoms with Crippen LogP contribution in [0.3, 0.4) is 0 Å². The van der Waals surface area contributed by atoms with Crippen LogP contribution in [0, 0.1) is 5.92 Å². The second kappa shape index (κ2) is 6.70. The van der Waals surface area contributed by atoms with E-state index in [4.69, 9.17) is 0 Å². The second-order valence-corrected chi connectivity index (χ2v) is 5.03. The Morgan fingerprint density at radius 2 is 1.85 bits per heavy atom. The molecule has 0 fully saturated rings. The van der Waals surface area contributed by atoms with Gasteiger partial charge in [0, 0.05) is 12.2 Å². The van der Waals surface area contributed by atoms with Crippen molar-refractivity contribution in [2.75, 3.05) is 11.9 Å². The monoisotopic (exact) mass is 269 g/mol. The molecule has 0 saturated heterocycles. The zero-order valence-electron chi connectivity index (χ0n) is 11.8. The highest BCUT2D eigenvalue weighted by atomic mass is 16.1. The average Bonchev–Trinajstić information content (AvgIpc) is 2.46. The van der Waals surface area contributed by atoms with Gasteiger partial charge in [-0.2, -0.15) is 0 Å². The maximum Gasteiger partial charge on any atom is 0.269 e. The van der Waals surface area contributed by atoms with Crippen LogP contribution in [0.4, 0.5) is 11.4 Å². The minimum absolute atomic E-state index is 0.134. The summed E-state index contributed by atoms with van der Waals surface area (Å²) < 4.78 is 0. The van der Waals surface area contributed by atoms with Crippen LogP contribution in [0.2, 0.25) is 0 Å². The number of aromatic nitrogens is 1. The van der Waals surface area contributed by atoms with Crippen molar-refractivity contribution in [2.24, 2.45) is 5.92 Å². The molecular weight excluding hydrogens is 250 g/mol. The van der Waals surface area contributed by atoms with Gasteiger partial charge in [-0.15, -0.1) is 0 Å². The summed E-state index contributed by atoms with van der Waals surface area (Å²) >= 11 is 0. The van der Waals surface area contributed by atoms with E-state index in [9.17, 15) is 4.79 Å². The number of carbonyl (C=O) groups is 1. The highest BCUT2D eigenvalue weighted by Crippen LogP contribution is 2.14. The number of hydrogen-bond acceptors (Lipinski definition) is 3. The van der Waals surface area contributed by atoms with Crippen molar-refractivity contribution in [2.45, 2.75) is 13.8 Å². The van der Waals surface area contributed by atoms with Crippen molar-refractivity contribution in [1.82, 2.24) is 10.3 Å². The van der Waals surface area contributed by atoms with Gasteiger partial charge in [0.15, 0.2) is 0 Å². The molecule has 0 aliphatic heterocycles. The van der Waals surface area contributed by atoms with Crippen molar-refractivity contribution >= 4 is 17.3 Å². The number of carbonyl (C=O) groups excluding carboxylic acids is 1. The van der Waals surface area contributed by atoms with E-state index in [1.54, 1.807) is 12.3 Å². The van der Waals surface area contributed by atoms with E-state index >= 15 is 0 Å². The summed E-state index contributed by atoms with van der Waals surface area (Å²) in [5.74, 6) is 0.294. The number of para-hydroxylation sites is 1. The number of anilines is 2. The fourth-order valence-electron chi connectivity index (χ4n) is 1.68. The third-order valence-corrected chi connectivity index (χ3v) is 2.73. The molecule has 0 radical (unpaired) electrons. The lowest BCUT2D eigenvalue weighted by Crippen LogP contribution is -2.27. The Morgan fingerprint density at radius 3 is 2.45 bits per heavy atom. The molecule has 2 aromatic rings. The minimum atomic E-state index is -0.134. The maximum atomic E-state index is 11.8. The first-order valence-electron chi connectivity index (χ1n) is 6.71. The van der Waals surface area contributed by atoms with Crippen molar-refractivity contribution in [1.29, 1.82) is 0 Å². The van der Waals surface area contributed by atoms with E-state index in [1.807, 2.05) is 36.4 Å². The second-order valence-electron chi connectivity index (χ2n) is 5.03. The normalized spacial score (nSPS) is 10.3. The predicted molar refractivity (Wildman–Crippen MR) is 81.1 cm³/mol. The molecule has 1 aromatic heterocycles. The Morgan fingerprint density at radius 1 is 1.10 bits per heavy atom. The molecule has 1 aromatic carbocycles. The van der Waals surface area contributed by atoms with Crippen LogP contribution in [0.15, 0.2) is 48.7 Å². The fourth-order valence-corrected chi connectivity index (χ4v) is 1.68. The molecule has 0 aliphatic carbocycles. The number of hydrogen-bond donors (Lipinski definition) is 2. The number of benzene rings is 1.